The highest BCUT2D eigenvalue weighted by Crippen LogP contribution is 2.51. The maximum atomic E-state index is 3.72. The summed E-state index contributed by atoms with van der Waals surface area (Å²) in [5.41, 5.74) is 29.6. The monoisotopic (exact) mass is 1560 g/mol. The topological polar surface area (TPSA) is 0 Å². The fraction of sp³-hybridized carbons (Fsp3) is 0.0820. The number of hydrogen-bond acceptors (Lipinski definition) is 0. The van der Waals surface area contributed by atoms with Crippen LogP contribution < -0.4 is 0 Å². The molecule has 0 unspecified atom stereocenters. The number of benzene rings is 20. The van der Waals surface area contributed by atoms with Gasteiger partial charge in [0, 0.05) is 44.5 Å². The SMILES string of the molecule is C.C.C(#Cc1cc(-c2ccccc2-c2ccccc2)c2ccc3c(-c4ccccc4-c4ccccc4)cc(C#Cc4ccccc4)c4ccc1c2c43)c1ccccc1.CC(C)(C)c1ccc(C#Cc2cc(-c3ccccc3-c3ccccc3)c3ccc4c(-c5ccccc5-c5ccccc5)cc(C#Cc5ccc(C(C)(C)C)cc5)c5ccc2c3c54)cc1. The molecule has 0 aliphatic heterocycles. The minimum Gasteiger partial charge on any atom is -0.0776 e. The summed E-state index contributed by atoms with van der Waals surface area (Å²) >= 11 is 0. The van der Waals surface area contributed by atoms with E-state index in [2.05, 4.69) is 453 Å². The molecule has 0 spiro atoms. The minimum atomic E-state index is 0. The van der Waals surface area contributed by atoms with E-state index in [0.717, 1.165) is 88.3 Å². The third kappa shape index (κ3) is 15.6. The Hall–Kier alpha value is -15.3. The Labute approximate surface area is 719 Å². The van der Waals surface area contributed by atoms with Crippen molar-refractivity contribution in [2.45, 2.75) is 67.2 Å². The van der Waals surface area contributed by atoms with Crippen molar-refractivity contribution in [3.05, 3.63) is 456 Å². The number of rotatable bonds is 8. The first-order chi connectivity index (χ1) is 58.8. The van der Waals surface area contributed by atoms with Crippen LogP contribution in [-0.4, -0.2) is 0 Å². The Morgan fingerprint density at radius 2 is 0.336 bits per heavy atom. The maximum Gasteiger partial charge on any atom is 0.0334 e. The van der Waals surface area contributed by atoms with Crippen LogP contribution in [0.2, 0.25) is 0 Å². The lowest BCUT2D eigenvalue weighted by Crippen LogP contribution is -2.10. The average Bonchev–Trinajstić information content (AvgIpc) is 0.713. The predicted octanol–water partition coefficient (Wildman–Crippen LogP) is 32.0. The van der Waals surface area contributed by atoms with Gasteiger partial charge in [-0.3, -0.25) is 0 Å². The van der Waals surface area contributed by atoms with Crippen LogP contribution in [0.1, 0.15) is 112 Å². The molecule has 0 heteroatoms. The lowest BCUT2D eigenvalue weighted by Gasteiger charge is -2.21. The first-order valence-electron chi connectivity index (χ1n) is 41.4. The second kappa shape index (κ2) is 34.0. The van der Waals surface area contributed by atoms with Crippen molar-refractivity contribution in [2.24, 2.45) is 0 Å². The highest BCUT2D eigenvalue weighted by molar-refractivity contribution is 6.32. The molecule has 20 aromatic rings. The summed E-state index contributed by atoms with van der Waals surface area (Å²) in [6, 6.07) is 144. The Bertz CT molecular complexity index is 7070. The summed E-state index contributed by atoms with van der Waals surface area (Å²) in [6.45, 7) is 13.5. The quantitative estimate of drug-likeness (QED) is 0.105. The van der Waals surface area contributed by atoms with Crippen LogP contribution in [0, 0.1) is 47.4 Å². The third-order valence-corrected chi connectivity index (χ3v) is 23.4. The molecule has 0 saturated heterocycles. The first-order valence-corrected chi connectivity index (χ1v) is 41.4. The summed E-state index contributed by atoms with van der Waals surface area (Å²) in [5.74, 6) is 28.9. The van der Waals surface area contributed by atoms with Crippen molar-refractivity contribution in [1.82, 2.24) is 0 Å². The largest absolute Gasteiger partial charge is 0.0776 e. The van der Waals surface area contributed by atoms with Gasteiger partial charge in [0.15, 0.2) is 0 Å². The fourth-order valence-corrected chi connectivity index (χ4v) is 17.3. The van der Waals surface area contributed by atoms with Gasteiger partial charge in [0.25, 0.3) is 0 Å². The van der Waals surface area contributed by atoms with E-state index in [1.54, 1.807) is 0 Å². The Balaban J connectivity index is 0.000000172. The molecule has 0 nitrogen and oxygen atoms in total. The van der Waals surface area contributed by atoms with Crippen LogP contribution in [0.25, 0.3) is 154 Å². The molecule has 0 bridgehead atoms. The van der Waals surface area contributed by atoms with Gasteiger partial charge in [-0.05, 0) is 248 Å². The van der Waals surface area contributed by atoms with Crippen molar-refractivity contribution in [1.29, 1.82) is 0 Å². The van der Waals surface area contributed by atoms with E-state index in [-0.39, 0.29) is 25.7 Å². The fourth-order valence-electron chi connectivity index (χ4n) is 17.3. The Morgan fingerprint density at radius 3 is 0.549 bits per heavy atom. The van der Waals surface area contributed by atoms with E-state index in [9.17, 15) is 0 Å². The van der Waals surface area contributed by atoms with E-state index >= 15 is 0 Å². The van der Waals surface area contributed by atoms with Crippen LogP contribution in [0.4, 0.5) is 0 Å². The van der Waals surface area contributed by atoms with E-state index in [0.29, 0.717) is 0 Å². The zero-order chi connectivity index (χ0) is 81.3. The second-order valence-corrected chi connectivity index (χ2v) is 33.1. The zero-order valence-electron chi connectivity index (χ0n) is 68.1. The van der Waals surface area contributed by atoms with Gasteiger partial charge in [-0.1, -0.05) is 431 Å². The van der Waals surface area contributed by atoms with E-state index < -0.39 is 0 Å². The van der Waals surface area contributed by atoms with Crippen molar-refractivity contribution in [3.8, 4) is 136 Å². The van der Waals surface area contributed by atoms with Crippen molar-refractivity contribution < 1.29 is 0 Å². The van der Waals surface area contributed by atoms with E-state index in [1.165, 1.54) is 121 Å². The summed E-state index contributed by atoms with van der Waals surface area (Å²) in [4.78, 5) is 0. The molecule has 0 fully saturated rings. The lowest BCUT2D eigenvalue weighted by atomic mass is 9.82. The summed E-state index contributed by atoms with van der Waals surface area (Å²) < 4.78 is 0. The molecule has 0 amide bonds. The molecule has 0 saturated carbocycles. The molecule has 20 rings (SSSR count). The molecular formula is C122H92. The molecule has 580 valence electrons. The Kier molecular flexibility index (Phi) is 22.1. The summed E-state index contributed by atoms with van der Waals surface area (Å²) in [5, 5.41) is 14.2. The van der Waals surface area contributed by atoms with E-state index in [4.69, 9.17) is 0 Å². The third-order valence-electron chi connectivity index (χ3n) is 23.4. The predicted molar refractivity (Wildman–Crippen MR) is 524 cm³/mol. The second-order valence-electron chi connectivity index (χ2n) is 33.1. The normalized spacial score (nSPS) is 11.1. The van der Waals surface area contributed by atoms with Gasteiger partial charge >= 0.3 is 0 Å². The smallest absolute Gasteiger partial charge is 0.0334 e. The molecular weight excluding hydrogens is 1470 g/mol. The molecule has 0 heterocycles. The molecule has 0 aromatic heterocycles. The van der Waals surface area contributed by atoms with Crippen LogP contribution in [0.15, 0.2) is 400 Å². The van der Waals surface area contributed by atoms with E-state index in [1.807, 2.05) is 36.4 Å². The lowest BCUT2D eigenvalue weighted by molar-refractivity contribution is 0.590. The van der Waals surface area contributed by atoms with Gasteiger partial charge in [0.2, 0.25) is 0 Å². The van der Waals surface area contributed by atoms with Gasteiger partial charge in [-0.15, -0.1) is 0 Å². The molecule has 0 aliphatic carbocycles. The van der Waals surface area contributed by atoms with Gasteiger partial charge in [-0.25, -0.2) is 0 Å². The van der Waals surface area contributed by atoms with Gasteiger partial charge in [0.05, 0.1) is 0 Å². The number of hydrogen-bond donors (Lipinski definition) is 0. The van der Waals surface area contributed by atoms with Crippen molar-refractivity contribution in [2.75, 3.05) is 0 Å². The first kappa shape index (κ1) is 79.2. The van der Waals surface area contributed by atoms with Crippen LogP contribution >= 0.6 is 0 Å². The Morgan fingerprint density at radius 1 is 0.156 bits per heavy atom. The van der Waals surface area contributed by atoms with Crippen LogP contribution in [0.3, 0.4) is 0 Å². The zero-order valence-corrected chi connectivity index (χ0v) is 68.1. The summed E-state index contributed by atoms with van der Waals surface area (Å²) in [7, 11) is 0. The van der Waals surface area contributed by atoms with Crippen molar-refractivity contribution in [3.63, 3.8) is 0 Å². The standard InChI is InChI=1S/C64H50.C56H34.2CH4/c1-63(2,3)49-33-27-43(28-34-49)25-31-47-41-59(55-23-15-13-21-51(55)45-17-9-7-10-18-45)57-39-40-58-60(56-24-16-14-22-52(56)46-19-11-8-12-20-46)42-48(54-38-37-53(47)61(57)62(54)58)32-26-44-29-35-50(36-30-44)64(4,5)6;1-5-17-39(18-6-1)29-31-43-37-53(49-27-15-13-25-45(49)41-21-9-3-10-22-41)51-35-36-52-54(50-28-16-14-26-46(50)42-23-11-4-12-24-42)38-44(32-30-40-19-7-2-8-20-40)48-34-33-47(43)55(51)56(48)52;;/h7-24,27-30,33-42H,1-6H3;1-28,33-38H;2*1H4. The molecule has 0 radical (unpaired) electrons. The molecule has 20 aromatic carbocycles. The highest BCUT2D eigenvalue weighted by Gasteiger charge is 2.26. The van der Waals surface area contributed by atoms with Gasteiger partial charge in [-0.2, -0.15) is 0 Å². The molecule has 122 heavy (non-hydrogen) atoms. The molecule has 0 N–H and O–H groups in total. The van der Waals surface area contributed by atoms with Crippen LogP contribution in [0.5, 0.6) is 0 Å². The highest BCUT2D eigenvalue weighted by atomic mass is 14.3. The van der Waals surface area contributed by atoms with Gasteiger partial charge < -0.3 is 0 Å². The molecule has 0 atom stereocenters. The average molecular weight is 1560 g/mol. The summed E-state index contributed by atoms with van der Waals surface area (Å²) in [6.07, 6.45) is 0. The van der Waals surface area contributed by atoms with Crippen molar-refractivity contribution >= 4 is 64.6 Å². The minimum absolute atomic E-state index is 0. The van der Waals surface area contributed by atoms with Gasteiger partial charge in [0.1, 0.15) is 0 Å². The molecule has 0 aliphatic rings. The maximum absolute atomic E-state index is 3.72. The van der Waals surface area contributed by atoms with Crippen LogP contribution in [-0.2, 0) is 10.8 Å².